The first kappa shape index (κ1) is 13.2. The Morgan fingerprint density at radius 2 is 2.12 bits per heavy atom. The van der Waals surface area contributed by atoms with Crippen molar-refractivity contribution in [3.05, 3.63) is 0 Å². The zero-order valence-electron chi connectivity index (χ0n) is 10.1. The summed E-state index contributed by atoms with van der Waals surface area (Å²) in [5.74, 6) is 0.391. The SMILES string of the molecule is COC(C)CCC(=O)NC1CCC(=O)CC1. The van der Waals surface area contributed by atoms with Gasteiger partial charge < -0.3 is 10.1 Å². The summed E-state index contributed by atoms with van der Waals surface area (Å²) >= 11 is 0. The monoisotopic (exact) mass is 227 g/mol. The molecule has 0 heterocycles. The highest BCUT2D eigenvalue weighted by atomic mass is 16.5. The second kappa shape index (κ2) is 6.63. The topological polar surface area (TPSA) is 55.4 Å². The van der Waals surface area contributed by atoms with E-state index >= 15 is 0 Å². The van der Waals surface area contributed by atoms with Gasteiger partial charge in [0.15, 0.2) is 0 Å². The maximum Gasteiger partial charge on any atom is 0.220 e. The summed E-state index contributed by atoms with van der Waals surface area (Å²) < 4.78 is 5.08. The fourth-order valence-corrected chi connectivity index (χ4v) is 1.84. The van der Waals surface area contributed by atoms with Crippen LogP contribution in [0.5, 0.6) is 0 Å². The van der Waals surface area contributed by atoms with Gasteiger partial charge in [-0.1, -0.05) is 0 Å². The van der Waals surface area contributed by atoms with Gasteiger partial charge >= 0.3 is 0 Å². The molecular weight excluding hydrogens is 206 g/mol. The molecule has 0 radical (unpaired) electrons. The molecule has 16 heavy (non-hydrogen) atoms. The highest BCUT2D eigenvalue weighted by Crippen LogP contribution is 2.15. The van der Waals surface area contributed by atoms with Crippen molar-refractivity contribution in [1.82, 2.24) is 5.32 Å². The summed E-state index contributed by atoms with van der Waals surface area (Å²) in [5.41, 5.74) is 0. The highest BCUT2D eigenvalue weighted by molar-refractivity contribution is 5.80. The smallest absolute Gasteiger partial charge is 0.220 e. The zero-order valence-corrected chi connectivity index (χ0v) is 10.1. The van der Waals surface area contributed by atoms with E-state index in [4.69, 9.17) is 4.74 Å². The molecule has 0 aliphatic heterocycles. The van der Waals surface area contributed by atoms with E-state index in [1.165, 1.54) is 0 Å². The Morgan fingerprint density at radius 1 is 1.50 bits per heavy atom. The maximum atomic E-state index is 11.6. The third kappa shape index (κ3) is 4.75. The molecule has 4 heteroatoms. The van der Waals surface area contributed by atoms with Gasteiger partial charge in [0.2, 0.25) is 5.91 Å². The summed E-state index contributed by atoms with van der Waals surface area (Å²) in [6, 6.07) is 0.197. The van der Waals surface area contributed by atoms with Crippen LogP contribution < -0.4 is 5.32 Å². The minimum atomic E-state index is 0.0725. The maximum absolute atomic E-state index is 11.6. The minimum absolute atomic E-state index is 0.0725. The lowest BCUT2D eigenvalue weighted by Crippen LogP contribution is -2.37. The molecule has 1 unspecified atom stereocenters. The Morgan fingerprint density at radius 3 is 2.69 bits per heavy atom. The Balaban J connectivity index is 2.16. The first-order chi connectivity index (χ1) is 7.61. The minimum Gasteiger partial charge on any atom is -0.382 e. The van der Waals surface area contributed by atoms with Crippen molar-refractivity contribution in [1.29, 1.82) is 0 Å². The number of hydrogen-bond donors (Lipinski definition) is 1. The van der Waals surface area contributed by atoms with Gasteiger partial charge in [-0.05, 0) is 26.2 Å². The number of carbonyl (C=O) groups excluding carboxylic acids is 2. The summed E-state index contributed by atoms with van der Waals surface area (Å²) in [5, 5.41) is 2.97. The normalized spacial score (nSPS) is 19.5. The molecule has 0 aromatic heterocycles. The molecule has 1 aliphatic carbocycles. The van der Waals surface area contributed by atoms with Crippen LogP contribution in [0.1, 0.15) is 45.4 Å². The van der Waals surface area contributed by atoms with Crippen molar-refractivity contribution < 1.29 is 14.3 Å². The predicted molar refractivity (Wildman–Crippen MR) is 61.1 cm³/mol. The summed E-state index contributed by atoms with van der Waals surface area (Å²) in [4.78, 5) is 22.6. The standard InChI is InChI=1S/C12H21NO3/c1-9(16-2)3-8-12(15)13-10-4-6-11(14)7-5-10/h9-10H,3-8H2,1-2H3,(H,13,15). The van der Waals surface area contributed by atoms with E-state index in [9.17, 15) is 9.59 Å². The summed E-state index contributed by atoms with van der Waals surface area (Å²) in [6.45, 7) is 1.95. The van der Waals surface area contributed by atoms with Crippen LogP contribution in [0.2, 0.25) is 0 Å². The number of ether oxygens (including phenoxy) is 1. The van der Waals surface area contributed by atoms with Gasteiger partial charge in [-0.3, -0.25) is 9.59 Å². The number of nitrogens with one attached hydrogen (secondary N) is 1. The zero-order chi connectivity index (χ0) is 12.0. The highest BCUT2D eigenvalue weighted by Gasteiger charge is 2.20. The molecule has 0 aromatic carbocycles. The lowest BCUT2D eigenvalue weighted by molar-refractivity contribution is -0.125. The lowest BCUT2D eigenvalue weighted by atomic mass is 9.94. The van der Waals surface area contributed by atoms with Gasteiger partial charge in [0.1, 0.15) is 5.78 Å². The third-order valence-corrected chi connectivity index (χ3v) is 3.09. The molecule has 0 saturated heterocycles. The van der Waals surface area contributed by atoms with Gasteiger partial charge in [-0.15, -0.1) is 0 Å². The molecule has 1 N–H and O–H groups in total. The third-order valence-electron chi connectivity index (χ3n) is 3.09. The van der Waals surface area contributed by atoms with E-state index < -0.39 is 0 Å². The average molecular weight is 227 g/mol. The van der Waals surface area contributed by atoms with Crippen LogP contribution in [0.15, 0.2) is 0 Å². The molecule has 1 amide bonds. The van der Waals surface area contributed by atoms with Gasteiger partial charge in [0, 0.05) is 32.4 Å². The molecule has 92 valence electrons. The molecule has 0 aromatic rings. The Bertz CT molecular complexity index is 243. The Hall–Kier alpha value is -0.900. The van der Waals surface area contributed by atoms with Gasteiger partial charge in [-0.2, -0.15) is 0 Å². The van der Waals surface area contributed by atoms with Crippen LogP contribution in [-0.4, -0.2) is 30.9 Å². The molecular formula is C12H21NO3. The first-order valence-electron chi connectivity index (χ1n) is 5.95. The summed E-state index contributed by atoms with van der Waals surface area (Å²) in [7, 11) is 1.65. The van der Waals surface area contributed by atoms with E-state index in [1.54, 1.807) is 7.11 Å². The second-order valence-electron chi connectivity index (χ2n) is 4.47. The summed E-state index contributed by atoms with van der Waals surface area (Å²) in [6.07, 6.45) is 4.18. The average Bonchev–Trinajstić information content (AvgIpc) is 2.29. The van der Waals surface area contributed by atoms with Crippen LogP contribution in [0.4, 0.5) is 0 Å². The van der Waals surface area contributed by atoms with Gasteiger partial charge in [0.05, 0.1) is 6.10 Å². The van der Waals surface area contributed by atoms with Crippen molar-refractivity contribution in [3.63, 3.8) is 0 Å². The fourth-order valence-electron chi connectivity index (χ4n) is 1.84. The van der Waals surface area contributed by atoms with Crippen LogP contribution in [0.3, 0.4) is 0 Å². The first-order valence-corrected chi connectivity index (χ1v) is 5.95. The quantitative estimate of drug-likeness (QED) is 0.773. The van der Waals surface area contributed by atoms with Gasteiger partial charge in [-0.25, -0.2) is 0 Å². The molecule has 1 fully saturated rings. The van der Waals surface area contributed by atoms with E-state index in [0.29, 0.717) is 25.0 Å². The van der Waals surface area contributed by atoms with Crippen LogP contribution in [0.25, 0.3) is 0 Å². The van der Waals surface area contributed by atoms with Crippen molar-refractivity contribution in [2.24, 2.45) is 0 Å². The number of hydrogen-bond acceptors (Lipinski definition) is 3. The number of Topliss-reactive ketones (excluding diaryl/α,β-unsaturated/α-hetero) is 1. The van der Waals surface area contributed by atoms with Crippen molar-refractivity contribution in [2.75, 3.05) is 7.11 Å². The molecule has 4 nitrogen and oxygen atoms in total. The number of amides is 1. The number of methoxy groups -OCH3 is 1. The van der Waals surface area contributed by atoms with Crippen LogP contribution >= 0.6 is 0 Å². The Labute approximate surface area is 96.7 Å². The number of ketones is 1. The molecule has 1 saturated carbocycles. The van der Waals surface area contributed by atoms with Crippen LogP contribution in [0, 0.1) is 0 Å². The van der Waals surface area contributed by atoms with Crippen molar-refractivity contribution in [2.45, 2.75) is 57.6 Å². The van der Waals surface area contributed by atoms with E-state index in [1.807, 2.05) is 6.92 Å². The predicted octanol–water partition coefficient (Wildman–Crippen LogP) is 1.43. The largest absolute Gasteiger partial charge is 0.382 e. The lowest BCUT2D eigenvalue weighted by Gasteiger charge is -2.22. The molecule has 1 atom stereocenters. The Kier molecular flexibility index (Phi) is 5.46. The van der Waals surface area contributed by atoms with E-state index in [2.05, 4.69) is 5.32 Å². The molecule has 0 bridgehead atoms. The second-order valence-corrected chi connectivity index (χ2v) is 4.47. The molecule has 1 aliphatic rings. The number of rotatable bonds is 5. The van der Waals surface area contributed by atoms with E-state index in [0.717, 1.165) is 19.3 Å². The van der Waals surface area contributed by atoms with Crippen molar-refractivity contribution in [3.8, 4) is 0 Å². The van der Waals surface area contributed by atoms with Crippen molar-refractivity contribution >= 4 is 11.7 Å². The molecule has 1 rings (SSSR count). The number of carbonyl (C=O) groups is 2. The van der Waals surface area contributed by atoms with Crippen LogP contribution in [-0.2, 0) is 14.3 Å². The molecule has 0 spiro atoms. The van der Waals surface area contributed by atoms with E-state index in [-0.39, 0.29) is 18.1 Å². The fraction of sp³-hybridized carbons (Fsp3) is 0.833. The van der Waals surface area contributed by atoms with Gasteiger partial charge in [0.25, 0.3) is 0 Å².